The van der Waals surface area contributed by atoms with Crippen molar-refractivity contribution < 1.29 is 0 Å². The van der Waals surface area contributed by atoms with Crippen molar-refractivity contribution in [1.82, 2.24) is 15.0 Å². The standard InChI is InChI=1S/C22H18ClN7/c23-18-11-15(25)6-7-16(18)22-29-19-4-2-1-3-17(19)21(30-22)27-10-9-26-20-8-5-14(12-24)13-28-20/h1-8,11,13H,9-10,25H2,(H,26,28)(H,27,29,30). The van der Waals surface area contributed by atoms with E-state index in [4.69, 9.17) is 27.6 Å². The third-order valence-corrected chi connectivity index (χ3v) is 4.77. The van der Waals surface area contributed by atoms with Crippen LogP contribution in [-0.2, 0) is 0 Å². The number of pyridine rings is 1. The highest BCUT2D eigenvalue weighted by Gasteiger charge is 2.12. The number of aromatic nitrogens is 3. The van der Waals surface area contributed by atoms with Gasteiger partial charge in [-0.3, -0.25) is 0 Å². The fourth-order valence-electron chi connectivity index (χ4n) is 2.98. The van der Waals surface area contributed by atoms with E-state index in [9.17, 15) is 0 Å². The molecule has 4 N–H and O–H groups in total. The molecule has 0 saturated carbocycles. The maximum Gasteiger partial charge on any atom is 0.163 e. The van der Waals surface area contributed by atoms with Gasteiger partial charge in [-0.2, -0.15) is 5.26 Å². The normalized spacial score (nSPS) is 10.5. The van der Waals surface area contributed by atoms with Gasteiger partial charge in [-0.1, -0.05) is 23.7 Å². The molecule has 7 nitrogen and oxygen atoms in total. The lowest BCUT2D eigenvalue weighted by Crippen LogP contribution is -2.15. The molecule has 0 radical (unpaired) electrons. The molecule has 0 atom stereocenters. The average Bonchev–Trinajstić information content (AvgIpc) is 2.77. The van der Waals surface area contributed by atoms with Crippen molar-refractivity contribution in [3.8, 4) is 17.5 Å². The first-order chi connectivity index (χ1) is 14.6. The molecular weight excluding hydrogens is 398 g/mol. The quantitative estimate of drug-likeness (QED) is 0.317. The molecule has 0 aliphatic carbocycles. The number of benzene rings is 2. The number of anilines is 3. The van der Waals surface area contributed by atoms with Crippen molar-refractivity contribution in [1.29, 1.82) is 5.26 Å². The van der Waals surface area contributed by atoms with Crippen LogP contribution in [0.15, 0.2) is 60.8 Å². The minimum absolute atomic E-state index is 0.504. The van der Waals surface area contributed by atoms with Gasteiger partial charge in [0.05, 0.1) is 16.1 Å². The van der Waals surface area contributed by atoms with Crippen LogP contribution in [0.2, 0.25) is 5.02 Å². The monoisotopic (exact) mass is 415 g/mol. The number of hydrogen-bond donors (Lipinski definition) is 3. The summed E-state index contributed by atoms with van der Waals surface area (Å²) in [6.45, 7) is 1.23. The highest BCUT2D eigenvalue weighted by molar-refractivity contribution is 6.33. The second-order valence-corrected chi connectivity index (χ2v) is 6.96. The largest absolute Gasteiger partial charge is 0.399 e. The second-order valence-electron chi connectivity index (χ2n) is 6.55. The van der Waals surface area contributed by atoms with Crippen molar-refractivity contribution in [2.75, 3.05) is 29.5 Å². The summed E-state index contributed by atoms with van der Waals surface area (Å²) in [4.78, 5) is 13.6. The Bertz CT molecular complexity index is 1230. The Kier molecular flexibility index (Phi) is 5.59. The topological polar surface area (TPSA) is 113 Å². The first kappa shape index (κ1) is 19.4. The molecule has 0 aliphatic heterocycles. The molecular formula is C22H18ClN7. The molecule has 4 rings (SSSR count). The van der Waals surface area contributed by atoms with Gasteiger partial charge in [0.1, 0.15) is 17.7 Å². The number of nitrogens with zero attached hydrogens (tertiary/aromatic N) is 4. The number of halogens is 1. The summed E-state index contributed by atoms with van der Waals surface area (Å²) in [6.07, 6.45) is 1.54. The van der Waals surface area contributed by atoms with E-state index in [-0.39, 0.29) is 0 Å². The maximum absolute atomic E-state index is 8.84. The van der Waals surface area contributed by atoms with Crippen molar-refractivity contribution in [2.45, 2.75) is 0 Å². The number of rotatable bonds is 6. The highest BCUT2D eigenvalue weighted by Crippen LogP contribution is 2.30. The van der Waals surface area contributed by atoms with Crippen LogP contribution in [0.1, 0.15) is 5.56 Å². The third kappa shape index (κ3) is 4.24. The Morgan fingerprint density at radius 3 is 2.60 bits per heavy atom. The number of para-hydroxylation sites is 1. The van der Waals surface area contributed by atoms with Crippen LogP contribution in [0.5, 0.6) is 0 Å². The molecule has 2 heterocycles. The van der Waals surface area contributed by atoms with Crippen molar-refractivity contribution in [3.05, 3.63) is 71.4 Å². The molecule has 148 valence electrons. The van der Waals surface area contributed by atoms with Gasteiger partial charge in [-0.15, -0.1) is 0 Å². The number of nitrogens with two attached hydrogens (primary N) is 1. The lowest BCUT2D eigenvalue weighted by molar-refractivity contribution is 1.04. The summed E-state index contributed by atoms with van der Waals surface area (Å²) >= 11 is 6.37. The fourth-order valence-corrected chi connectivity index (χ4v) is 3.25. The van der Waals surface area contributed by atoms with E-state index in [1.807, 2.05) is 30.3 Å². The smallest absolute Gasteiger partial charge is 0.163 e. The summed E-state index contributed by atoms with van der Waals surface area (Å²) in [7, 11) is 0. The minimum Gasteiger partial charge on any atom is -0.399 e. The van der Waals surface area contributed by atoms with E-state index in [0.29, 0.717) is 41.0 Å². The zero-order chi connectivity index (χ0) is 20.9. The maximum atomic E-state index is 8.84. The second kappa shape index (κ2) is 8.64. The van der Waals surface area contributed by atoms with E-state index in [1.54, 1.807) is 24.3 Å². The van der Waals surface area contributed by atoms with Crippen LogP contribution < -0.4 is 16.4 Å². The van der Waals surface area contributed by atoms with Crippen LogP contribution in [-0.4, -0.2) is 28.0 Å². The molecule has 8 heteroatoms. The molecule has 4 aromatic rings. The predicted octanol–water partition coefficient (Wildman–Crippen LogP) is 4.32. The van der Waals surface area contributed by atoms with Gasteiger partial charge in [0.25, 0.3) is 0 Å². The first-order valence-corrected chi connectivity index (χ1v) is 9.68. The summed E-state index contributed by atoms with van der Waals surface area (Å²) in [5.74, 6) is 1.96. The van der Waals surface area contributed by atoms with E-state index in [1.165, 1.54) is 6.20 Å². The first-order valence-electron chi connectivity index (χ1n) is 9.30. The Balaban J connectivity index is 1.54. The van der Waals surface area contributed by atoms with Crippen LogP contribution in [0.25, 0.3) is 22.3 Å². The van der Waals surface area contributed by atoms with Crippen LogP contribution in [0, 0.1) is 11.3 Å². The van der Waals surface area contributed by atoms with Gasteiger partial charge in [0.2, 0.25) is 0 Å². The van der Waals surface area contributed by atoms with Crippen LogP contribution in [0.3, 0.4) is 0 Å². The Morgan fingerprint density at radius 1 is 1.00 bits per heavy atom. The summed E-state index contributed by atoms with van der Waals surface area (Å²) < 4.78 is 0. The van der Waals surface area contributed by atoms with Gasteiger partial charge in [-0.25, -0.2) is 15.0 Å². The molecule has 0 saturated heterocycles. The molecule has 0 unspecified atom stereocenters. The number of nitrogens with one attached hydrogen (secondary N) is 2. The Labute approximate surface area is 178 Å². The summed E-state index contributed by atoms with van der Waals surface area (Å²) in [5, 5.41) is 16.8. The lowest BCUT2D eigenvalue weighted by Gasteiger charge is -2.12. The molecule has 30 heavy (non-hydrogen) atoms. The molecule has 0 amide bonds. The molecule has 2 aromatic heterocycles. The zero-order valence-electron chi connectivity index (χ0n) is 15.9. The molecule has 0 spiro atoms. The fraction of sp³-hybridized carbons (Fsp3) is 0.0909. The minimum atomic E-state index is 0.504. The van der Waals surface area contributed by atoms with Crippen molar-refractivity contribution >= 4 is 39.8 Å². The SMILES string of the molecule is N#Cc1ccc(NCCNc2nc(-c3ccc(N)cc3Cl)nc3ccccc23)nc1. The average molecular weight is 416 g/mol. The molecule has 0 fully saturated rings. The van der Waals surface area contributed by atoms with Gasteiger partial charge < -0.3 is 16.4 Å². The zero-order valence-corrected chi connectivity index (χ0v) is 16.7. The van der Waals surface area contributed by atoms with Gasteiger partial charge in [0.15, 0.2) is 5.82 Å². The van der Waals surface area contributed by atoms with E-state index >= 15 is 0 Å². The number of nitrogen functional groups attached to an aromatic ring is 1. The third-order valence-electron chi connectivity index (χ3n) is 4.45. The van der Waals surface area contributed by atoms with Gasteiger partial charge in [0, 0.05) is 35.9 Å². The van der Waals surface area contributed by atoms with Gasteiger partial charge >= 0.3 is 0 Å². The number of nitriles is 1. The molecule has 0 bridgehead atoms. The van der Waals surface area contributed by atoms with Gasteiger partial charge in [-0.05, 0) is 42.5 Å². The van der Waals surface area contributed by atoms with E-state index in [0.717, 1.165) is 22.3 Å². The Morgan fingerprint density at radius 2 is 1.83 bits per heavy atom. The van der Waals surface area contributed by atoms with Crippen molar-refractivity contribution in [3.63, 3.8) is 0 Å². The molecule has 2 aromatic carbocycles. The van der Waals surface area contributed by atoms with Crippen molar-refractivity contribution in [2.24, 2.45) is 0 Å². The number of hydrogen-bond acceptors (Lipinski definition) is 7. The highest BCUT2D eigenvalue weighted by atomic mass is 35.5. The summed E-state index contributed by atoms with van der Waals surface area (Å²) in [5.41, 5.74) is 8.46. The predicted molar refractivity (Wildman–Crippen MR) is 120 cm³/mol. The molecule has 0 aliphatic rings. The Hall–Kier alpha value is -3.89. The number of fused-ring (bicyclic) bond motifs is 1. The van der Waals surface area contributed by atoms with E-state index < -0.39 is 0 Å². The van der Waals surface area contributed by atoms with E-state index in [2.05, 4.69) is 26.7 Å². The summed E-state index contributed by atoms with van der Waals surface area (Å²) in [6, 6.07) is 18.6. The van der Waals surface area contributed by atoms with Crippen LogP contribution in [0.4, 0.5) is 17.3 Å². The van der Waals surface area contributed by atoms with Crippen LogP contribution >= 0.6 is 11.6 Å². The lowest BCUT2D eigenvalue weighted by atomic mass is 10.1.